The molecule has 1 atom stereocenters. The Labute approximate surface area is 124 Å². The fourth-order valence-electron chi connectivity index (χ4n) is 2.31. The number of rotatable bonds is 3. The predicted octanol–water partition coefficient (Wildman–Crippen LogP) is 3.60. The largest absolute Gasteiger partial charge is 0.376 e. The number of halogens is 2. The quantitative estimate of drug-likeness (QED) is 0.940. The van der Waals surface area contributed by atoms with E-state index >= 15 is 0 Å². The SMILES string of the molecule is O=C(NC[C@@H]1CCCO1)c1sc2cccc(F)c2c1Cl. The van der Waals surface area contributed by atoms with Crippen LogP contribution in [0.3, 0.4) is 0 Å². The maximum Gasteiger partial charge on any atom is 0.263 e. The highest BCUT2D eigenvalue weighted by Gasteiger charge is 2.21. The molecule has 1 fully saturated rings. The molecule has 0 aliphatic carbocycles. The molecule has 1 aromatic heterocycles. The van der Waals surface area contributed by atoms with E-state index in [2.05, 4.69) is 5.32 Å². The van der Waals surface area contributed by atoms with E-state index in [1.807, 2.05) is 0 Å². The highest BCUT2D eigenvalue weighted by atomic mass is 35.5. The number of carbonyl (C=O) groups is 1. The first-order chi connectivity index (χ1) is 9.66. The maximum absolute atomic E-state index is 13.7. The zero-order chi connectivity index (χ0) is 14.1. The number of ether oxygens (including phenoxy) is 1. The summed E-state index contributed by atoms with van der Waals surface area (Å²) in [6, 6.07) is 4.71. The van der Waals surface area contributed by atoms with Crippen LogP contribution in [0.15, 0.2) is 18.2 Å². The average molecular weight is 314 g/mol. The lowest BCUT2D eigenvalue weighted by Crippen LogP contribution is -2.31. The molecule has 3 nitrogen and oxygen atoms in total. The van der Waals surface area contributed by atoms with Crippen LogP contribution < -0.4 is 5.32 Å². The summed E-state index contributed by atoms with van der Waals surface area (Å²) in [5.74, 6) is -0.673. The van der Waals surface area contributed by atoms with Crippen LogP contribution in [0.2, 0.25) is 5.02 Å². The molecule has 1 amide bonds. The minimum Gasteiger partial charge on any atom is -0.376 e. The number of thiophene rings is 1. The van der Waals surface area contributed by atoms with Crippen LogP contribution in [0.5, 0.6) is 0 Å². The van der Waals surface area contributed by atoms with Gasteiger partial charge < -0.3 is 10.1 Å². The van der Waals surface area contributed by atoms with Gasteiger partial charge in [0, 0.05) is 23.2 Å². The Balaban J connectivity index is 1.80. The van der Waals surface area contributed by atoms with Crippen LogP contribution in [0.25, 0.3) is 10.1 Å². The Morgan fingerprint density at radius 3 is 3.10 bits per heavy atom. The molecule has 2 heterocycles. The Kier molecular flexibility index (Phi) is 3.92. The lowest BCUT2D eigenvalue weighted by atomic mass is 10.2. The topological polar surface area (TPSA) is 38.3 Å². The molecule has 106 valence electrons. The summed E-state index contributed by atoms with van der Waals surface area (Å²) in [7, 11) is 0. The molecule has 1 N–H and O–H groups in total. The third-order valence-electron chi connectivity index (χ3n) is 3.33. The Bertz CT molecular complexity index is 652. The Hall–Kier alpha value is -1.17. The standard InChI is InChI=1S/C14H13ClFNO2S/c15-12-11-9(16)4-1-5-10(11)20-13(12)14(18)17-7-8-3-2-6-19-8/h1,4-5,8H,2-3,6-7H2,(H,17,18)/t8-/m0/s1. The van der Waals surface area contributed by atoms with E-state index in [1.54, 1.807) is 12.1 Å². The van der Waals surface area contributed by atoms with Crippen LogP contribution in [0.4, 0.5) is 4.39 Å². The zero-order valence-electron chi connectivity index (χ0n) is 10.6. The van der Waals surface area contributed by atoms with Crippen LogP contribution >= 0.6 is 22.9 Å². The van der Waals surface area contributed by atoms with Crippen molar-refractivity contribution in [2.75, 3.05) is 13.2 Å². The van der Waals surface area contributed by atoms with Crippen molar-refractivity contribution >= 4 is 38.9 Å². The van der Waals surface area contributed by atoms with Gasteiger partial charge in [-0.3, -0.25) is 4.79 Å². The molecule has 1 aliphatic heterocycles. The molecule has 20 heavy (non-hydrogen) atoms. The highest BCUT2D eigenvalue weighted by molar-refractivity contribution is 7.21. The number of nitrogens with one attached hydrogen (secondary N) is 1. The van der Waals surface area contributed by atoms with Crippen LogP contribution in [0.1, 0.15) is 22.5 Å². The molecule has 0 spiro atoms. The fraction of sp³-hybridized carbons (Fsp3) is 0.357. The van der Waals surface area contributed by atoms with Crippen molar-refractivity contribution in [3.8, 4) is 0 Å². The van der Waals surface area contributed by atoms with E-state index < -0.39 is 5.82 Å². The summed E-state index contributed by atoms with van der Waals surface area (Å²) in [5, 5.41) is 3.31. The predicted molar refractivity (Wildman–Crippen MR) is 78.1 cm³/mol. The van der Waals surface area contributed by atoms with Crippen LogP contribution in [-0.2, 0) is 4.74 Å². The molecule has 1 saturated heterocycles. The van der Waals surface area contributed by atoms with Gasteiger partial charge in [0.1, 0.15) is 10.7 Å². The number of hydrogen-bond donors (Lipinski definition) is 1. The molecule has 1 aromatic carbocycles. The van der Waals surface area contributed by atoms with Crippen molar-refractivity contribution in [1.82, 2.24) is 5.32 Å². The van der Waals surface area contributed by atoms with Gasteiger partial charge in [0.25, 0.3) is 5.91 Å². The normalized spacial score (nSPS) is 18.6. The second kappa shape index (κ2) is 5.68. The number of carbonyl (C=O) groups excluding carboxylic acids is 1. The van der Waals surface area contributed by atoms with Gasteiger partial charge in [0.15, 0.2) is 0 Å². The summed E-state index contributed by atoms with van der Waals surface area (Å²) in [6.45, 7) is 1.21. The monoisotopic (exact) mass is 313 g/mol. The van der Waals surface area contributed by atoms with Crippen molar-refractivity contribution in [3.63, 3.8) is 0 Å². The summed E-state index contributed by atoms with van der Waals surface area (Å²) >= 11 is 7.33. The molecule has 0 radical (unpaired) electrons. The molecule has 3 rings (SSSR count). The molecule has 1 aliphatic rings. The second-order valence-corrected chi connectivity index (χ2v) is 6.13. The summed E-state index contributed by atoms with van der Waals surface area (Å²) in [4.78, 5) is 12.5. The molecular weight excluding hydrogens is 301 g/mol. The van der Waals surface area contributed by atoms with E-state index in [9.17, 15) is 9.18 Å². The first kappa shape index (κ1) is 13.8. The summed E-state index contributed by atoms with van der Waals surface area (Å²) < 4.78 is 19.8. The first-order valence-electron chi connectivity index (χ1n) is 6.43. The second-order valence-electron chi connectivity index (χ2n) is 4.70. The van der Waals surface area contributed by atoms with Crippen molar-refractivity contribution in [2.24, 2.45) is 0 Å². The molecular formula is C14H13ClFNO2S. The third-order valence-corrected chi connectivity index (χ3v) is 4.97. The van der Waals surface area contributed by atoms with E-state index in [-0.39, 0.29) is 17.0 Å². The van der Waals surface area contributed by atoms with Gasteiger partial charge in [-0.05, 0) is 25.0 Å². The maximum atomic E-state index is 13.7. The van der Waals surface area contributed by atoms with Gasteiger partial charge in [-0.2, -0.15) is 0 Å². The molecule has 0 bridgehead atoms. The van der Waals surface area contributed by atoms with Crippen molar-refractivity contribution in [3.05, 3.63) is 33.9 Å². The number of hydrogen-bond acceptors (Lipinski definition) is 3. The molecule has 0 saturated carbocycles. The number of fused-ring (bicyclic) bond motifs is 1. The zero-order valence-corrected chi connectivity index (χ0v) is 12.2. The van der Waals surface area contributed by atoms with Crippen molar-refractivity contribution < 1.29 is 13.9 Å². The lowest BCUT2D eigenvalue weighted by Gasteiger charge is -2.09. The molecule has 0 unspecified atom stereocenters. The van der Waals surface area contributed by atoms with Crippen LogP contribution in [-0.4, -0.2) is 25.2 Å². The smallest absolute Gasteiger partial charge is 0.263 e. The Morgan fingerprint density at radius 2 is 2.40 bits per heavy atom. The Morgan fingerprint density at radius 1 is 1.55 bits per heavy atom. The van der Waals surface area contributed by atoms with Crippen molar-refractivity contribution in [1.29, 1.82) is 0 Å². The minimum atomic E-state index is -0.401. The van der Waals surface area contributed by atoms with Gasteiger partial charge in [0.2, 0.25) is 0 Å². The van der Waals surface area contributed by atoms with E-state index in [1.165, 1.54) is 17.4 Å². The van der Waals surface area contributed by atoms with Gasteiger partial charge in [-0.15, -0.1) is 11.3 Å². The molecule has 6 heteroatoms. The summed E-state index contributed by atoms with van der Waals surface area (Å²) in [5.41, 5.74) is 0. The minimum absolute atomic E-state index is 0.0730. The summed E-state index contributed by atoms with van der Waals surface area (Å²) in [6.07, 6.45) is 2.05. The van der Waals surface area contributed by atoms with Gasteiger partial charge >= 0.3 is 0 Å². The number of benzene rings is 1. The highest BCUT2D eigenvalue weighted by Crippen LogP contribution is 2.36. The number of amides is 1. The van der Waals surface area contributed by atoms with Gasteiger partial charge in [-0.1, -0.05) is 17.7 Å². The molecule has 2 aromatic rings. The third kappa shape index (κ3) is 2.53. The van der Waals surface area contributed by atoms with Crippen LogP contribution in [0, 0.1) is 5.82 Å². The average Bonchev–Trinajstić information content (AvgIpc) is 3.05. The van der Waals surface area contributed by atoms with Gasteiger partial charge in [0.05, 0.1) is 11.1 Å². The fourth-order valence-corrected chi connectivity index (χ4v) is 3.78. The van der Waals surface area contributed by atoms with E-state index in [4.69, 9.17) is 16.3 Å². The van der Waals surface area contributed by atoms with Gasteiger partial charge in [-0.25, -0.2) is 4.39 Å². The van der Waals surface area contributed by atoms with E-state index in [0.29, 0.717) is 21.5 Å². The van der Waals surface area contributed by atoms with E-state index in [0.717, 1.165) is 19.4 Å². The lowest BCUT2D eigenvalue weighted by molar-refractivity contribution is 0.0861. The first-order valence-corrected chi connectivity index (χ1v) is 7.62. The van der Waals surface area contributed by atoms with Crippen molar-refractivity contribution in [2.45, 2.75) is 18.9 Å².